The standard InChI is InChI=1S/C24H30BrClN2O4S/c1-4-16-13-19(25)14-17(5-2)23(16)27-24(29)18-9-11-28(12-10-18)33(30,31)22-15-20(26)7-8-21(22)32-6-3/h7-8,13-15,18H,4-6,9-12H2,1-3H3,(H,27,29). The molecule has 3 rings (SSSR count). The van der Waals surface area contributed by atoms with E-state index in [9.17, 15) is 13.2 Å². The molecule has 2 aromatic carbocycles. The van der Waals surface area contributed by atoms with Gasteiger partial charge in [0.25, 0.3) is 0 Å². The monoisotopic (exact) mass is 556 g/mol. The van der Waals surface area contributed by atoms with Crippen LogP contribution in [0.4, 0.5) is 5.69 Å². The van der Waals surface area contributed by atoms with Crippen LogP contribution in [0.1, 0.15) is 44.7 Å². The number of hydrogen-bond acceptors (Lipinski definition) is 4. The quantitative estimate of drug-likeness (QED) is 0.454. The molecule has 6 nitrogen and oxygen atoms in total. The fourth-order valence-corrected chi connectivity index (χ4v) is 6.54. The molecule has 1 amide bonds. The van der Waals surface area contributed by atoms with E-state index in [4.69, 9.17) is 16.3 Å². The summed E-state index contributed by atoms with van der Waals surface area (Å²) in [6, 6.07) is 8.68. The fraction of sp³-hybridized carbons (Fsp3) is 0.458. The molecule has 180 valence electrons. The third-order valence-corrected chi connectivity index (χ3v) is 8.54. The number of rotatable bonds is 8. The van der Waals surface area contributed by atoms with Gasteiger partial charge in [-0.15, -0.1) is 0 Å². The van der Waals surface area contributed by atoms with E-state index in [-0.39, 0.29) is 35.6 Å². The lowest BCUT2D eigenvalue weighted by molar-refractivity contribution is -0.120. The number of anilines is 1. The molecule has 2 aromatic rings. The van der Waals surface area contributed by atoms with Crippen molar-refractivity contribution in [2.75, 3.05) is 25.0 Å². The summed E-state index contributed by atoms with van der Waals surface area (Å²) in [7, 11) is -3.78. The van der Waals surface area contributed by atoms with Gasteiger partial charge in [0.05, 0.1) is 6.61 Å². The second-order valence-corrected chi connectivity index (χ2v) is 11.3. The van der Waals surface area contributed by atoms with Crippen LogP contribution in [0, 0.1) is 5.92 Å². The molecule has 0 atom stereocenters. The Hall–Kier alpha value is -1.61. The highest BCUT2D eigenvalue weighted by Crippen LogP contribution is 2.33. The average molecular weight is 558 g/mol. The Balaban J connectivity index is 1.73. The number of hydrogen-bond donors (Lipinski definition) is 1. The molecule has 0 radical (unpaired) electrons. The number of amides is 1. The zero-order chi connectivity index (χ0) is 24.2. The second-order valence-electron chi connectivity index (χ2n) is 8.00. The van der Waals surface area contributed by atoms with Crippen molar-refractivity contribution in [3.63, 3.8) is 0 Å². The first-order chi connectivity index (χ1) is 15.7. The van der Waals surface area contributed by atoms with Gasteiger partial charge >= 0.3 is 0 Å². The summed E-state index contributed by atoms with van der Waals surface area (Å²) < 4.78 is 34.5. The van der Waals surface area contributed by atoms with E-state index in [1.165, 1.54) is 10.4 Å². The Morgan fingerprint density at radius 3 is 2.27 bits per heavy atom. The van der Waals surface area contributed by atoms with E-state index >= 15 is 0 Å². The number of aryl methyl sites for hydroxylation is 2. The second kappa shape index (κ2) is 11.2. The van der Waals surface area contributed by atoms with Crippen LogP contribution >= 0.6 is 27.5 Å². The minimum absolute atomic E-state index is 0.0588. The number of nitrogens with one attached hydrogen (secondary N) is 1. The van der Waals surface area contributed by atoms with Crippen molar-refractivity contribution in [1.29, 1.82) is 0 Å². The van der Waals surface area contributed by atoms with Gasteiger partial charge in [-0.1, -0.05) is 41.4 Å². The predicted octanol–water partition coefficient (Wildman–Crippen LogP) is 5.67. The molecule has 33 heavy (non-hydrogen) atoms. The lowest BCUT2D eigenvalue weighted by Gasteiger charge is -2.31. The van der Waals surface area contributed by atoms with Gasteiger partial charge in [-0.05, 0) is 74.1 Å². The number of piperidine rings is 1. The number of sulfonamides is 1. The molecule has 1 aliphatic rings. The summed E-state index contributed by atoms with van der Waals surface area (Å²) in [5.74, 6) is -0.0204. The van der Waals surface area contributed by atoms with Gasteiger partial charge in [0.15, 0.2) is 0 Å². The van der Waals surface area contributed by atoms with Crippen molar-refractivity contribution >= 4 is 49.1 Å². The average Bonchev–Trinajstić information content (AvgIpc) is 2.81. The topological polar surface area (TPSA) is 75.7 Å². The minimum atomic E-state index is -3.78. The summed E-state index contributed by atoms with van der Waals surface area (Å²) in [4.78, 5) is 13.1. The van der Waals surface area contributed by atoms with Gasteiger partial charge in [-0.25, -0.2) is 8.42 Å². The molecule has 1 N–H and O–H groups in total. The van der Waals surface area contributed by atoms with Crippen molar-refractivity contribution in [2.45, 2.75) is 51.3 Å². The number of halogens is 2. The number of ether oxygens (including phenoxy) is 1. The van der Waals surface area contributed by atoms with E-state index in [2.05, 4.69) is 35.1 Å². The maximum absolute atomic E-state index is 13.3. The first-order valence-corrected chi connectivity index (χ1v) is 13.9. The maximum atomic E-state index is 13.3. The molecule has 1 fully saturated rings. The number of nitrogens with zero attached hydrogens (tertiary/aromatic N) is 1. The van der Waals surface area contributed by atoms with Crippen molar-refractivity contribution in [3.05, 3.63) is 51.0 Å². The van der Waals surface area contributed by atoms with Gasteiger partial charge in [0.1, 0.15) is 10.6 Å². The summed E-state index contributed by atoms with van der Waals surface area (Å²) in [6.45, 7) is 6.80. The van der Waals surface area contributed by atoms with Gasteiger partial charge < -0.3 is 10.1 Å². The van der Waals surface area contributed by atoms with Crippen LogP contribution in [-0.4, -0.2) is 38.3 Å². The van der Waals surface area contributed by atoms with Crippen LogP contribution in [0.15, 0.2) is 39.7 Å². The van der Waals surface area contributed by atoms with E-state index in [1.54, 1.807) is 19.1 Å². The molecule has 0 unspecified atom stereocenters. The molecule has 1 aliphatic heterocycles. The molecule has 1 saturated heterocycles. The van der Waals surface area contributed by atoms with Crippen LogP contribution < -0.4 is 10.1 Å². The van der Waals surface area contributed by atoms with E-state index in [0.717, 1.165) is 34.1 Å². The Morgan fingerprint density at radius 1 is 1.12 bits per heavy atom. The number of carbonyl (C=O) groups is 1. The first-order valence-electron chi connectivity index (χ1n) is 11.3. The van der Waals surface area contributed by atoms with Crippen molar-refractivity contribution < 1.29 is 17.9 Å². The molecule has 0 aliphatic carbocycles. The van der Waals surface area contributed by atoms with Crippen LogP contribution in [0.2, 0.25) is 5.02 Å². The molecule has 1 heterocycles. The summed E-state index contributed by atoms with van der Waals surface area (Å²) >= 11 is 9.61. The summed E-state index contributed by atoms with van der Waals surface area (Å²) in [5.41, 5.74) is 3.04. The first kappa shape index (κ1) is 26.0. The lowest BCUT2D eigenvalue weighted by Crippen LogP contribution is -2.41. The molecule has 0 spiro atoms. The molecule has 0 aromatic heterocycles. The van der Waals surface area contributed by atoms with Crippen LogP contribution in [0.5, 0.6) is 5.75 Å². The molecule has 9 heteroatoms. The van der Waals surface area contributed by atoms with Gasteiger partial charge in [-0.2, -0.15) is 4.31 Å². The highest BCUT2D eigenvalue weighted by Gasteiger charge is 2.34. The zero-order valence-electron chi connectivity index (χ0n) is 19.2. The fourth-order valence-electron chi connectivity index (χ4n) is 4.12. The summed E-state index contributed by atoms with van der Waals surface area (Å²) in [5, 5.41) is 3.46. The SMILES string of the molecule is CCOc1ccc(Cl)cc1S(=O)(=O)N1CCC(C(=O)Nc2c(CC)cc(Br)cc2CC)CC1. The predicted molar refractivity (Wildman–Crippen MR) is 136 cm³/mol. The Kier molecular flexibility index (Phi) is 8.83. The van der Waals surface area contributed by atoms with Crippen molar-refractivity contribution in [1.82, 2.24) is 4.31 Å². The minimum Gasteiger partial charge on any atom is -0.492 e. The third-order valence-electron chi connectivity index (χ3n) is 5.92. The van der Waals surface area contributed by atoms with E-state index in [1.807, 2.05) is 12.1 Å². The van der Waals surface area contributed by atoms with Crippen molar-refractivity contribution in [3.8, 4) is 5.75 Å². The largest absolute Gasteiger partial charge is 0.492 e. The smallest absolute Gasteiger partial charge is 0.246 e. The van der Waals surface area contributed by atoms with Gasteiger partial charge in [0.2, 0.25) is 15.9 Å². The van der Waals surface area contributed by atoms with E-state index in [0.29, 0.717) is 24.5 Å². The van der Waals surface area contributed by atoms with Crippen LogP contribution in [-0.2, 0) is 27.7 Å². The van der Waals surface area contributed by atoms with Gasteiger partial charge in [-0.3, -0.25) is 4.79 Å². The highest BCUT2D eigenvalue weighted by atomic mass is 79.9. The van der Waals surface area contributed by atoms with Crippen molar-refractivity contribution in [2.24, 2.45) is 5.92 Å². The molecular weight excluding hydrogens is 528 g/mol. The number of benzene rings is 2. The highest BCUT2D eigenvalue weighted by molar-refractivity contribution is 9.10. The van der Waals surface area contributed by atoms with Crippen LogP contribution in [0.3, 0.4) is 0 Å². The molecular formula is C24H30BrClN2O4S. The summed E-state index contributed by atoms with van der Waals surface area (Å²) in [6.07, 6.45) is 2.52. The van der Waals surface area contributed by atoms with E-state index < -0.39 is 10.0 Å². The normalized spacial score (nSPS) is 15.4. The van der Waals surface area contributed by atoms with Crippen LogP contribution in [0.25, 0.3) is 0 Å². The Bertz CT molecular complexity index is 1090. The molecule has 0 saturated carbocycles. The maximum Gasteiger partial charge on any atom is 0.246 e. The third kappa shape index (κ3) is 5.91. The Labute approximate surface area is 209 Å². The molecule has 0 bridgehead atoms. The number of carbonyl (C=O) groups excluding carboxylic acids is 1. The Morgan fingerprint density at radius 2 is 1.73 bits per heavy atom. The lowest BCUT2D eigenvalue weighted by atomic mass is 9.96. The zero-order valence-corrected chi connectivity index (χ0v) is 22.3. The van der Waals surface area contributed by atoms with Gasteiger partial charge in [0, 0.05) is 34.2 Å².